The minimum atomic E-state index is 0.0998. The Morgan fingerprint density at radius 3 is 3.00 bits per heavy atom. The maximum absolute atomic E-state index is 5.96. The van der Waals surface area contributed by atoms with Crippen molar-refractivity contribution in [2.45, 2.75) is 37.9 Å². The van der Waals surface area contributed by atoms with Gasteiger partial charge in [0, 0.05) is 13.5 Å². The first-order valence-corrected chi connectivity index (χ1v) is 6.70. The zero-order chi connectivity index (χ0) is 13.2. The number of nitrogens with one attached hydrogen (secondary N) is 1. The molecule has 0 amide bonds. The van der Waals surface area contributed by atoms with Gasteiger partial charge in [-0.2, -0.15) is 15.1 Å². The van der Waals surface area contributed by atoms with Gasteiger partial charge in [-0.25, -0.2) is 0 Å². The minimum Gasteiger partial charge on any atom is -0.474 e. The van der Waals surface area contributed by atoms with Crippen molar-refractivity contribution in [2.75, 3.05) is 7.11 Å². The first kappa shape index (κ1) is 12.6. The molecule has 102 valence electrons. The Labute approximate surface area is 115 Å². The lowest BCUT2D eigenvalue weighted by atomic mass is 9.95. The predicted octanol–water partition coefficient (Wildman–Crippen LogP) is 2.34. The number of aromatic amines is 1. The summed E-state index contributed by atoms with van der Waals surface area (Å²) in [5, 5.41) is 7.62. The lowest BCUT2D eigenvalue weighted by Crippen LogP contribution is -2.29. The number of hydrogen-bond acceptors (Lipinski definition) is 5. The van der Waals surface area contributed by atoms with Gasteiger partial charge in [0.05, 0.1) is 12.3 Å². The third kappa shape index (κ3) is 2.64. The molecule has 1 fully saturated rings. The van der Waals surface area contributed by atoms with E-state index < -0.39 is 0 Å². The Morgan fingerprint density at radius 2 is 2.16 bits per heavy atom. The lowest BCUT2D eigenvalue weighted by Gasteiger charge is -2.28. The van der Waals surface area contributed by atoms with E-state index >= 15 is 0 Å². The van der Waals surface area contributed by atoms with Gasteiger partial charge >= 0.3 is 0 Å². The highest BCUT2D eigenvalue weighted by Gasteiger charge is 2.24. The summed E-state index contributed by atoms with van der Waals surface area (Å²) in [6.07, 6.45) is 6.06. The molecule has 1 aliphatic carbocycles. The van der Waals surface area contributed by atoms with Gasteiger partial charge in [-0.15, -0.1) is 0 Å². The summed E-state index contributed by atoms with van der Waals surface area (Å²) < 4.78 is 11.4. The summed E-state index contributed by atoms with van der Waals surface area (Å²) in [4.78, 5) is 8.20. The molecule has 7 heteroatoms. The molecule has 1 aliphatic rings. The number of fused-ring (bicyclic) bond motifs is 1. The molecule has 0 aliphatic heterocycles. The second-order valence-corrected chi connectivity index (χ2v) is 5.03. The van der Waals surface area contributed by atoms with Gasteiger partial charge in [0.25, 0.3) is 0 Å². The van der Waals surface area contributed by atoms with Gasteiger partial charge in [-0.1, -0.05) is 0 Å². The van der Waals surface area contributed by atoms with Crippen molar-refractivity contribution in [1.29, 1.82) is 0 Å². The standard InChI is InChI=1S/C12H15ClN4O2/c1-18-7-3-2-4-8(5-7)19-11-9-6-14-17-10(9)15-12(13)16-11/h6-8H,2-5H2,1H3,(H,14,15,16,17). The Morgan fingerprint density at radius 1 is 1.32 bits per heavy atom. The Bertz CT molecular complexity index is 574. The molecule has 1 N–H and O–H groups in total. The average Bonchev–Trinajstić information content (AvgIpc) is 2.87. The van der Waals surface area contributed by atoms with Crippen LogP contribution in [0, 0.1) is 0 Å². The fourth-order valence-electron chi connectivity index (χ4n) is 2.45. The molecule has 2 heterocycles. The van der Waals surface area contributed by atoms with Crippen LogP contribution in [-0.2, 0) is 4.74 Å². The maximum Gasteiger partial charge on any atom is 0.229 e. The molecular formula is C12H15ClN4O2. The quantitative estimate of drug-likeness (QED) is 0.875. The van der Waals surface area contributed by atoms with E-state index in [0.717, 1.165) is 31.1 Å². The number of halogens is 1. The molecule has 0 aromatic carbocycles. The fraction of sp³-hybridized carbons (Fsp3) is 0.583. The van der Waals surface area contributed by atoms with Crippen LogP contribution >= 0.6 is 11.6 Å². The molecule has 3 rings (SSSR count). The number of H-pyrrole nitrogens is 1. The summed E-state index contributed by atoms with van der Waals surface area (Å²) in [6, 6.07) is 0. The van der Waals surface area contributed by atoms with Crippen LogP contribution in [0.1, 0.15) is 25.7 Å². The summed E-state index contributed by atoms with van der Waals surface area (Å²) in [7, 11) is 1.74. The van der Waals surface area contributed by atoms with Crippen LogP contribution in [0.4, 0.5) is 0 Å². The number of ether oxygens (including phenoxy) is 2. The highest BCUT2D eigenvalue weighted by atomic mass is 35.5. The van der Waals surface area contributed by atoms with Crippen LogP contribution in [0.15, 0.2) is 6.20 Å². The van der Waals surface area contributed by atoms with E-state index in [4.69, 9.17) is 21.1 Å². The number of nitrogens with zero attached hydrogens (tertiary/aromatic N) is 3. The van der Waals surface area contributed by atoms with E-state index in [1.807, 2.05) is 0 Å². The third-order valence-corrected chi connectivity index (χ3v) is 3.61. The first-order valence-electron chi connectivity index (χ1n) is 6.32. The molecule has 0 saturated heterocycles. The molecule has 2 aromatic heterocycles. The van der Waals surface area contributed by atoms with Crippen molar-refractivity contribution in [3.8, 4) is 5.88 Å². The molecule has 0 spiro atoms. The van der Waals surface area contributed by atoms with Crippen molar-refractivity contribution in [3.05, 3.63) is 11.5 Å². The van der Waals surface area contributed by atoms with Crippen LogP contribution in [0.5, 0.6) is 5.88 Å². The Balaban J connectivity index is 1.82. The highest BCUT2D eigenvalue weighted by molar-refractivity contribution is 6.28. The molecule has 2 atom stereocenters. The molecule has 6 nitrogen and oxygen atoms in total. The van der Waals surface area contributed by atoms with E-state index in [-0.39, 0.29) is 17.5 Å². The second-order valence-electron chi connectivity index (χ2n) is 4.69. The van der Waals surface area contributed by atoms with Crippen LogP contribution < -0.4 is 4.74 Å². The smallest absolute Gasteiger partial charge is 0.229 e. The van der Waals surface area contributed by atoms with Crippen LogP contribution in [0.25, 0.3) is 11.0 Å². The molecule has 0 radical (unpaired) electrons. The van der Waals surface area contributed by atoms with Gasteiger partial charge < -0.3 is 9.47 Å². The van der Waals surface area contributed by atoms with Crippen molar-refractivity contribution in [2.24, 2.45) is 0 Å². The predicted molar refractivity (Wildman–Crippen MR) is 70.4 cm³/mol. The monoisotopic (exact) mass is 282 g/mol. The number of hydrogen-bond donors (Lipinski definition) is 1. The summed E-state index contributed by atoms with van der Waals surface area (Å²) in [5.74, 6) is 0.491. The van der Waals surface area contributed by atoms with Crippen molar-refractivity contribution >= 4 is 22.6 Å². The zero-order valence-corrected chi connectivity index (χ0v) is 11.4. The number of methoxy groups -OCH3 is 1. The van der Waals surface area contributed by atoms with Gasteiger partial charge in [-0.05, 0) is 30.9 Å². The summed E-state index contributed by atoms with van der Waals surface area (Å²) in [6.45, 7) is 0. The summed E-state index contributed by atoms with van der Waals surface area (Å²) in [5.41, 5.74) is 0.592. The molecule has 19 heavy (non-hydrogen) atoms. The van der Waals surface area contributed by atoms with Crippen molar-refractivity contribution < 1.29 is 9.47 Å². The lowest BCUT2D eigenvalue weighted by molar-refractivity contribution is 0.0200. The zero-order valence-electron chi connectivity index (χ0n) is 10.6. The molecule has 2 unspecified atom stereocenters. The number of rotatable bonds is 3. The molecule has 1 saturated carbocycles. The third-order valence-electron chi connectivity index (χ3n) is 3.44. The van der Waals surface area contributed by atoms with E-state index in [9.17, 15) is 0 Å². The highest BCUT2D eigenvalue weighted by Crippen LogP contribution is 2.28. The fourth-order valence-corrected chi connectivity index (χ4v) is 2.61. The van der Waals surface area contributed by atoms with Crippen LogP contribution in [0.2, 0.25) is 5.28 Å². The average molecular weight is 283 g/mol. The van der Waals surface area contributed by atoms with Crippen molar-refractivity contribution in [1.82, 2.24) is 20.2 Å². The second kappa shape index (κ2) is 5.30. The van der Waals surface area contributed by atoms with Crippen LogP contribution in [0.3, 0.4) is 0 Å². The van der Waals surface area contributed by atoms with Gasteiger partial charge in [0.1, 0.15) is 11.5 Å². The summed E-state index contributed by atoms with van der Waals surface area (Å²) >= 11 is 5.88. The maximum atomic E-state index is 5.96. The molecule has 2 aromatic rings. The van der Waals surface area contributed by atoms with Crippen LogP contribution in [-0.4, -0.2) is 39.5 Å². The normalized spacial score (nSPS) is 23.7. The van der Waals surface area contributed by atoms with Gasteiger partial charge in [0.15, 0.2) is 5.65 Å². The van der Waals surface area contributed by atoms with E-state index in [1.54, 1.807) is 13.3 Å². The Hall–Kier alpha value is -1.40. The largest absolute Gasteiger partial charge is 0.474 e. The van der Waals surface area contributed by atoms with Gasteiger partial charge in [-0.3, -0.25) is 5.10 Å². The SMILES string of the molecule is COC1CCCC(Oc2nc(Cl)nc3[nH]ncc23)C1. The van der Waals surface area contributed by atoms with E-state index in [0.29, 0.717) is 11.5 Å². The first-order chi connectivity index (χ1) is 9.26. The molecular weight excluding hydrogens is 268 g/mol. The minimum absolute atomic E-state index is 0.0998. The molecule has 0 bridgehead atoms. The number of aromatic nitrogens is 4. The van der Waals surface area contributed by atoms with E-state index in [1.165, 1.54) is 0 Å². The van der Waals surface area contributed by atoms with E-state index in [2.05, 4.69) is 20.2 Å². The Kier molecular flexibility index (Phi) is 3.52. The van der Waals surface area contributed by atoms with Gasteiger partial charge in [0.2, 0.25) is 11.2 Å². The topological polar surface area (TPSA) is 72.9 Å². The van der Waals surface area contributed by atoms with Crippen molar-refractivity contribution in [3.63, 3.8) is 0 Å².